The predicted molar refractivity (Wildman–Crippen MR) is 111 cm³/mol. The summed E-state index contributed by atoms with van der Waals surface area (Å²) in [5.41, 5.74) is 0.411. The number of fused-ring (bicyclic) bond motifs is 1. The Hall–Kier alpha value is -3.23. The molecule has 0 spiro atoms. The molecule has 1 aliphatic heterocycles. The van der Waals surface area contributed by atoms with Crippen molar-refractivity contribution in [2.45, 2.75) is 4.90 Å². The SMILES string of the molecule is CN(c1ccccc1)S(=O)(=O)c1ccc(Cl)c(C(=O)Oc2ccc3c(c2)OCO3)c1. The number of ether oxygens (including phenoxy) is 3. The molecule has 0 bridgehead atoms. The molecule has 0 saturated carbocycles. The number of hydrogen-bond donors (Lipinski definition) is 0. The molecule has 0 radical (unpaired) electrons. The van der Waals surface area contributed by atoms with E-state index in [0.29, 0.717) is 17.2 Å². The number of halogens is 1. The molecule has 0 amide bonds. The standard InChI is InChI=1S/C21H16ClNO6S/c1-23(14-5-3-2-4-6-14)30(25,26)16-8-9-18(22)17(12-16)21(24)29-15-7-10-19-20(11-15)28-13-27-19/h2-12H,13H2,1H3. The van der Waals surface area contributed by atoms with Crippen molar-refractivity contribution in [2.75, 3.05) is 18.1 Å². The number of sulfonamides is 1. The topological polar surface area (TPSA) is 82.1 Å². The van der Waals surface area contributed by atoms with Crippen LogP contribution in [0.5, 0.6) is 17.2 Å². The van der Waals surface area contributed by atoms with Gasteiger partial charge in [0.25, 0.3) is 10.0 Å². The van der Waals surface area contributed by atoms with Crippen LogP contribution in [0.15, 0.2) is 71.6 Å². The van der Waals surface area contributed by atoms with Crippen LogP contribution in [0.4, 0.5) is 5.69 Å². The Morgan fingerprint density at radius 2 is 1.73 bits per heavy atom. The summed E-state index contributed by atoms with van der Waals surface area (Å²) in [7, 11) is -2.48. The van der Waals surface area contributed by atoms with Gasteiger partial charge < -0.3 is 14.2 Å². The highest BCUT2D eigenvalue weighted by molar-refractivity contribution is 7.92. The van der Waals surface area contributed by atoms with Crippen molar-refractivity contribution in [3.05, 3.63) is 77.3 Å². The summed E-state index contributed by atoms with van der Waals surface area (Å²) < 4.78 is 43.0. The molecule has 3 aromatic carbocycles. The third-order valence-electron chi connectivity index (χ3n) is 4.49. The van der Waals surface area contributed by atoms with Crippen molar-refractivity contribution in [3.63, 3.8) is 0 Å². The van der Waals surface area contributed by atoms with Gasteiger partial charge in [0.2, 0.25) is 6.79 Å². The lowest BCUT2D eigenvalue weighted by Gasteiger charge is -2.20. The van der Waals surface area contributed by atoms with E-state index >= 15 is 0 Å². The van der Waals surface area contributed by atoms with Crippen molar-refractivity contribution in [2.24, 2.45) is 0 Å². The maximum Gasteiger partial charge on any atom is 0.345 e. The normalized spacial score (nSPS) is 12.5. The lowest BCUT2D eigenvalue weighted by molar-refractivity contribution is 0.0734. The fraction of sp³-hybridized carbons (Fsp3) is 0.0952. The first-order valence-electron chi connectivity index (χ1n) is 8.81. The van der Waals surface area contributed by atoms with Crippen LogP contribution in [0, 0.1) is 0 Å². The van der Waals surface area contributed by atoms with Gasteiger partial charge in [-0.1, -0.05) is 29.8 Å². The Labute approximate surface area is 178 Å². The average Bonchev–Trinajstić information content (AvgIpc) is 3.21. The van der Waals surface area contributed by atoms with E-state index in [0.717, 1.165) is 4.31 Å². The first kappa shape index (κ1) is 20.1. The second-order valence-electron chi connectivity index (χ2n) is 6.35. The maximum absolute atomic E-state index is 13.0. The Kier molecular flexibility index (Phi) is 5.27. The lowest BCUT2D eigenvalue weighted by atomic mass is 10.2. The molecule has 30 heavy (non-hydrogen) atoms. The Balaban J connectivity index is 1.62. The largest absolute Gasteiger partial charge is 0.454 e. The van der Waals surface area contributed by atoms with Crippen LogP contribution in [-0.2, 0) is 10.0 Å². The quantitative estimate of drug-likeness (QED) is 0.434. The molecule has 0 aliphatic carbocycles. The molecule has 7 nitrogen and oxygen atoms in total. The van der Waals surface area contributed by atoms with Crippen LogP contribution in [0.3, 0.4) is 0 Å². The lowest BCUT2D eigenvalue weighted by Crippen LogP contribution is -2.26. The molecule has 0 N–H and O–H groups in total. The summed E-state index contributed by atoms with van der Waals surface area (Å²) in [6.07, 6.45) is 0. The maximum atomic E-state index is 13.0. The molecule has 0 unspecified atom stereocenters. The summed E-state index contributed by atoms with van der Waals surface area (Å²) in [6.45, 7) is 0.0907. The fourth-order valence-electron chi connectivity index (χ4n) is 2.86. The van der Waals surface area contributed by atoms with Crippen molar-refractivity contribution >= 4 is 33.3 Å². The summed E-state index contributed by atoms with van der Waals surface area (Å²) in [5.74, 6) is 0.422. The number of nitrogens with zero attached hydrogens (tertiary/aromatic N) is 1. The first-order chi connectivity index (χ1) is 14.4. The van der Waals surface area contributed by atoms with Gasteiger partial charge in [0.15, 0.2) is 11.5 Å². The molecular weight excluding hydrogens is 430 g/mol. The number of benzene rings is 3. The smallest absolute Gasteiger partial charge is 0.345 e. The molecular formula is C21H16ClNO6S. The summed E-state index contributed by atoms with van der Waals surface area (Å²) in [6, 6.07) is 17.2. The van der Waals surface area contributed by atoms with Crippen LogP contribution in [-0.4, -0.2) is 28.2 Å². The van der Waals surface area contributed by atoms with E-state index < -0.39 is 16.0 Å². The van der Waals surface area contributed by atoms with E-state index in [-0.39, 0.29) is 28.0 Å². The van der Waals surface area contributed by atoms with Crippen LogP contribution in [0.2, 0.25) is 5.02 Å². The summed E-state index contributed by atoms with van der Waals surface area (Å²) in [4.78, 5) is 12.6. The van der Waals surface area contributed by atoms with Crippen LogP contribution >= 0.6 is 11.6 Å². The number of hydrogen-bond acceptors (Lipinski definition) is 6. The molecule has 0 aromatic heterocycles. The van der Waals surface area contributed by atoms with Gasteiger partial charge in [0.1, 0.15) is 5.75 Å². The summed E-state index contributed by atoms with van der Waals surface area (Å²) >= 11 is 6.14. The molecule has 1 heterocycles. The van der Waals surface area contributed by atoms with Gasteiger partial charge in [-0.25, -0.2) is 13.2 Å². The molecule has 0 saturated heterocycles. The minimum atomic E-state index is -3.92. The molecule has 0 atom stereocenters. The zero-order chi connectivity index (χ0) is 21.3. The highest BCUT2D eigenvalue weighted by atomic mass is 35.5. The molecule has 3 aromatic rings. The Morgan fingerprint density at radius 1 is 1.00 bits per heavy atom. The van der Waals surface area contributed by atoms with E-state index in [4.69, 9.17) is 25.8 Å². The molecule has 1 aliphatic rings. The van der Waals surface area contributed by atoms with Crippen LogP contribution in [0.1, 0.15) is 10.4 Å². The van der Waals surface area contributed by atoms with Gasteiger partial charge in [0.05, 0.1) is 21.2 Å². The Morgan fingerprint density at radius 3 is 2.50 bits per heavy atom. The third-order valence-corrected chi connectivity index (χ3v) is 6.60. The highest BCUT2D eigenvalue weighted by Crippen LogP contribution is 2.35. The van der Waals surface area contributed by atoms with E-state index in [1.165, 1.54) is 31.3 Å². The number of anilines is 1. The van der Waals surface area contributed by atoms with Crippen molar-refractivity contribution < 1.29 is 27.4 Å². The van der Waals surface area contributed by atoms with Gasteiger partial charge in [-0.15, -0.1) is 0 Å². The van der Waals surface area contributed by atoms with Gasteiger partial charge >= 0.3 is 5.97 Å². The number of rotatable bonds is 5. The van der Waals surface area contributed by atoms with Gasteiger partial charge in [0, 0.05) is 13.1 Å². The van der Waals surface area contributed by atoms with Crippen molar-refractivity contribution in [3.8, 4) is 17.2 Å². The van der Waals surface area contributed by atoms with Crippen molar-refractivity contribution in [1.29, 1.82) is 0 Å². The van der Waals surface area contributed by atoms with Gasteiger partial charge in [-0.05, 0) is 42.5 Å². The molecule has 4 rings (SSSR count). The molecule has 0 fully saturated rings. The van der Waals surface area contributed by atoms with Crippen LogP contribution in [0.25, 0.3) is 0 Å². The molecule has 9 heteroatoms. The van der Waals surface area contributed by atoms with E-state index in [1.54, 1.807) is 42.5 Å². The second kappa shape index (κ2) is 7.89. The summed E-state index contributed by atoms with van der Waals surface area (Å²) in [5, 5.41) is 0.0713. The minimum absolute atomic E-state index is 0.0713. The zero-order valence-electron chi connectivity index (χ0n) is 15.7. The third kappa shape index (κ3) is 3.79. The van der Waals surface area contributed by atoms with Gasteiger partial charge in [-0.2, -0.15) is 0 Å². The van der Waals surface area contributed by atoms with Crippen LogP contribution < -0.4 is 18.5 Å². The number of carbonyl (C=O) groups is 1. The average molecular weight is 446 g/mol. The zero-order valence-corrected chi connectivity index (χ0v) is 17.3. The van der Waals surface area contributed by atoms with E-state index in [9.17, 15) is 13.2 Å². The fourth-order valence-corrected chi connectivity index (χ4v) is 4.28. The number of esters is 1. The predicted octanol–water partition coefficient (Wildman–Crippen LogP) is 4.11. The monoisotopic (exact) mass is 445 g/mol. The van der Waals surface area contributed by atoms with Gasteiger partial charge in [-0.3, -0.25) is 4.31 Å². The minimum Gasteiger partial charge on any atom is -0.454 e. The van der Waals surface area contributed by atoms with Crippen molar-refractivity contribution in [1.82, 2.24) is 0 Å². The van der Waals surface area contributed by atoms with E-state index in [2.05, 4.69) is 0 Å². The molecule has 154 valence electrons. The van der Waals surface area contributed by atoms with E-state index in [1.807, 2.05) is 0 Å². The first-order valence-corrected chi connectivity index (χ1v) is 10.6. The Bertz CT molecular complexity index is 1210. The highest BCUT2D eigenvalue weighted by Gasteiger charge is 2.25. The number of para-hydroxylation sites is 1. The number of carbonyl (C=O) groups excluding carboxylic acids is 1. The second-order valence-corrected chi connectivity index (χ2v) is 8.73.